The zero-order valence-corrected chi connectivity index (χ0v) is 6.76. The lowest BCUT2D eigenvalue weighted by molar-refractivity contribution is -0.134. The van der Waals surface area contributed by atoms with Crippen LogP contribution in [-0.4, -0.2) is 13.1 Å². The predicted molar refractivity (Wildman–Crippen MR) is 40.6 cm³/mol. The molecule has 0 aliphatic heterocycles. The molecular weight excluding hydrogens is 128 g/mol. The summed E-state index contributed by atoms with van der Waals surface area (Å²) in [5.41, 5.74) is 0. The molecular formula is C8H14O2. The van der Waals surface area contributed by atoms with Crippen LogP contribution in [0.5, 0.6) is 0 Å². The smallest absolute Gasteiger partial charge is 0.330 e. The molecule has 0 aromatic carbocycles. The molecule has 0 aromatic rings. The molecule has 2 nitrogen and oxygen atoms in total. The number of rotatable bonds is 3. The second-order valence-corrected chi connectivity index (χ2v) is 2.27. The van der Waals surface area contributed by atoms with E-state index in [0.717, 1.165) is 6.42 Å². The highest BCUT2D eigenvalue weighted by Crippen LogP contribution is 2.01. The highest BCUT2D eigenvalue weighted by Gasteiger charge is 1.93. The monoisotopic (exact) mass is 142 g/mol. The SMILES string of the molecule is CCC(C)/C=C\C(=O)OC. The number of hydrogen-bond donors (Lipinski definition) is 0. The number of allylic oxidation sites excluding steroid dienone is 1. The first-order valence-electron chi connectivity index (χ1n) is 3.46. The molecule has 0 aromatic heterocycles. The van der Waals surface area contributed by atoms with Crippen molar-refractivity contribution < 1.29 is 9.53 Å². The Hall–Kier alpha value is -0.790. The van der Waals surface area contributed by atoms with Crippen molar-refractivity contribution >= 4 is 5.97 Å². The van der Waals surface area contributed by atoms with Gasteiger partial charge in [0.2, 0.25) is 0 Å². The Morgan fingerprint density at radius 1 is 1.70 bits per heavy atom. The highest BCUT2D eigenvalue weighted by atomic mass is 16.5. The average molecular weight is 142 g/mol. The van der Waals surface area contributed by atoms with Crippen molar-refractivity contribution in [1.29, 1.82) is 0 Å². The van der Waals surface area contributed by atoms with Crippen LogP contribution in [0, 0.1) is 5.92 Å². The van der Waals surface area contributed by atoms with E-state index in [1.807, 2.05) is 6.08 Å². The average Bonchev–Trinajstić information content (AvgIpc) is 1.99. The molecule has 1 unspecified atom stereocenters. The zero-order chi connectivity index (χ0) is 7.98. The molecule has 0 radical (unpaired) electrons. The maximum atomic E-state index is 10.5. The quantitative estimate of drug-likeness (QED) is 0.443. The summed E-state index contributed by atoms with van der Waals surface area (Å²) in [5.74, 6) is 0.180. The van der Waals surface area contributed by atoms with Gasteiger partial charge in [0.05, 0.1) is 7.11 Å². The third kappa shape index (κ3) is 4.13. The number of ether oxygens (including phenoxy) is 1. The standard InChI is InChI=1S/C8H14O2/c1-4-7(2)5-6-8(9)10-3/h5-7H,4H2,1-3H3/b6-5-. The van der Waals surface area contributed by atoms with Crippen LogP contribution in [0.25, 0.3) is 0 Å². The summed E-state index contributed by atoms with van der Waals surface area (Å²) < 4.78 is 4.42. The predicted octanol–water partition coefficient (Wildman–Crippen LogP) is 1.76. The first kappa shape index (κ1) is 9.21. The summed E-state index contributed by atoms with van der Waals surface area (Å²) in [6, 6.07) is 0. The van der Waals surface area contributed by atoms with Crippen LogP contribution < -0.4 is 0 Å². The number of carbonyl (C=O) groups is 1. The zero-order valence-electron chi connectivity index (χ0n) is 6.76. The Bertz CT molecular complexity index is 127. The minimum absolute atomic E-state index is 0.277. The van der Waals surface area contributed by atoms with Gasteiger partial charge in [0.25, 0.3) is 0 Å². The fourth-order valence-electron chi connectivity index (χ4n) is 0.447. The van der Waals surface area contributed by atoms with Crippen molar-refractivity contribution in [2.75, 3.05) is 7.11 Å². The molecule has 0 aliphatic rings. The summed E-state index contributed by atoms with van der Waals surface area (Å²) in [6.45, 7) is 4.13. The molecule has 0 aliphatic carbocycles. The van der Waals surface area contributed by atoms with Crippen LogP contribution in [0.2, 0.25) is 0 Å². The van der Waals surface area contributed by atoms with Crippen LogP contribution >= 0.6 is 0 Å². The van der Waals surface area contributed by atoms with E-state index in [2.05, 4.69) is 18.6 Å². The van der Waals surface area contributed by atoms with Gasteiger partial charge in [-0.2, -0.15) is 0 Å². The van der Waals surface area contributed by atoms with E-state index in [1.54, 1.807) is 0 Å². The lowest BCUT2D eigenvalue weighted by Crippen LogP contribution is -1.95. The molecule has 2 heteroatoms. The Morgan fingerprint density at radius 2 is 2.30 bits per heavy atom. The molecule has 0 amide bonds. The van der Waals surface area contributed by atoms with Crippen molar-refractivity contribution in [2.24, 2.45) is 5.92 Å². The van der Waals surface area contributed by atoms with Crippen LogP contribution in [0.1, 0.15) is 20.3 Å². The van der Waals surface area contributed by atoms with Gasteiger partial charge in [-0.1, -0.05) is 26.3 Å². The number of carbonyl (C=O) groups excluding carboxylic acids is 1. The Labute approximate surface area is 61.9 Å². The van der Waals surface area contributed by atoms with E-state index in [4.69, 9.17) is 0 Å². The molecule has 0 N–H and O–H groups in total. The van der Waals surface area contributed by atoms with E-state index in [-0.39, 0.29) is 5.97 Å². The van der Waals surface area contributed by atoms with Gasteiger partial charge in [0.15, 0.2) is 0 Å². The van der Waals surface area contributed by atoms with E-state index in [0.29, 0.717) is 5.92 Å². The first-order chi connectivity index (χ1) is 4.70. The maximum absolute atomic E-state index is 10.5. The van der Waals surface area contributed by atoms with Crippen LogP contribution in [0.4, 0.5) is 0 Å². The molecule has 0 spiro atoms. The van der Waals surface area contributed by atoms with Crippen molar-refractivity contribution in [2.45, 2.75) is 20.3 Å². The van der Waals surface area contributed by atoms with E-state index < -0.39 is 0 Å². The van der Waals surface area contributed by atoms with Gasteiger partial charge in [-0.25, -0.2) is 4.79 Å². The van der Waals surface area contributed by atoms with E-state index in [9.17, 15) is 4.79 Å². The summed E-state index contributed by atoms with van der Waals surface area (Å²) in [6.07, 6.45) is 4.37. The lowest BCUT2D eigenvalue weighted by Gasteiger charge is -1.97. The highest BCUT2D eigenvalue weighted by molar-refractivity contribution is 5.81. The Morgan fingerprint density at radius 3 is 2.70 bits per heavy atom. The Kier molecular flexibility index (Phi) is 4.63. The molecule has 0 rings (SSSR count). The third-order valence-corrected chi connectivity index (χ3v) is 1.41. The molecule has 58 valence electrons. The third-order valence-electron chi connectivity index (χ3n) is 1.41. The molecule has 0 saturated carbocycles. The van der Waals surface area contributed by atoms with E-state index in [1.165, 1.54) is 13.2 Å². The van der Waals surface area contributed by atoms with Crippen LogP contribution in [-0.2, 0) is 9.53 Å². The fourth-order valence-corrected chi connectivity index (χ4v) is 0.447. The lowest BCUT2D eigenvalue weighted by atomic mass is 10.1. The normalized spacial score (nSPS) is 13.5. The molecule has 0 heterocycles. The van der Waals surface area contributed by atoms with Crippen LogP contribution in [0.3, 0.4) is 0 Å². The molecule has 0 fully saturated rings. The van der Waals surface area contributed by atoms with E-state index >= 15 is 0 Å². The summed E-state index contributed by atoms with van der Waals surface area (Å²) in [4.78, 5) is 10.5. The topological polar surface area (TPSA) is 26.3 Å². The minimum atomic E-state index is -0.277. The molecule has 0 bridgehead atoms. The van der Waals surface area contributed by atoms with Gasteiger partial charge >= 0.3 is 5.97 Å². The van der Waals surface area contributed by atoms with Gasteiger partial charge in [-0.05, 0) is 5.92 Å². The van der Waals surface area contributed by atoms with Gasteiger partial charge in [0, 0.05) is 6.08 Å². The number of methoxy groups -OCH3 is 1. The van der Waals surface area contributed by atoms with Gasteiger partial charge in [0.1, 0.15) is 0 Å². The molecule has 1 atom stereocenters. The summed E-state index contributed by atoms with van der Waals surface area (Å²) in [5, 5.41) is 0. The van der Waals surface area contributed by atoms with Gasteiger partial charge < -0.3 is 4.74 Å². The largest absolute Gasteiger partial charge is 0.466 e. The fraction of sp³-hybridized carbons (Fsp3) is 0.625. The first-order valence-corrected chi connectivity index (χ1v) is 3.46. The van der Waals surface area contributed by atoms with Crippen LogP contribution in [0.15, 0.2) is 12.2 Å². The van der Waals surface area contributed by atoms with Crippen molar-refractivity contribution in [1.82, 2.24) is 0 Å². The maximum Gasteiger partial charge on any atom is 0.330 e. The van der Waals surface area contributed by atoms with Crippen molar-refractivity contribution in [3.8, 4) is 0 Å². The summed E-state index contributed by atoms with van der Waals surface area (Å²) >= 11 is 0. The molecule has 10 heavy (non-hydrogen) atoms. The van der Waals surface area contributed by atoms with Gasteiger partial charge in [-0.3, -0.25) is 0 Å². The summed E-state index contributed by atoms with van der Waals surface area (Å²) in [7, 11) is 1.38. The van der Waals surface area contributed by atoms with Crippen molar-refractivity contribution in [3.05, 3.63) is 12.2 Å². The molecule has 0 saturated heterocycles. The van der Waals surface area contributed by atoms with Gasteiger partial charge in [-0.15, -0.1) is 0 Å². The second kappa shape index (κ2) is 5.03. The minimum Gasteiger partial charge on any atom is -0.466 e. The number of esters is 1. The number of hydrogen-bond acceptors (Lipinski definition) is 2. The second-order valence-electron chi connectivity index (χ2n) is 2.27. The van der Waals surface area contributed by atoms with Crippen molar-refractivity contribution in [3.63, 3.8) is 0 Å². The Balaban J connectivity index is 3.63.